The summed E-state index contributed by atoms with van der Waals surface area (Å²) in [5.74, 6) is -2.59. The van der Waals surface area contributed by atoms with E-state index in [1.807, 2.05) is 55.4 Å². The molecule has 1 heterocycles. The lowest BCUT2D eigenvalue weighted by atomic mass is 9.85. The van der Waals surface area contributed by atoms with Crippen LogP contribution in [0.3, 0.4) is 0 Å². The average molecular weight is 691 g/mol. The number of hydrogen-bond acceptors (Lipinski definition) is 7. The number of rotatable bonds is 13. The Labute approximate surface area is 293 Å². The third-order valence-corrected chi connectivity index (χ3v) is 9.21. The lowest BCUT2D eigenvalue weighted by Gasteiger charge is -2.38. The molecule has 0 aromatic carbocycles. The molecule has 1 aliphatic carbocycles. The molecule has 2 fully saturated rings. The van der Waals surface area contributed by atoms with Gasteiger partial charge in [0.2, 0.25) is 17.6 Å². The monoisotopic (exact) mass is 690 g/mol. The molecule has 2 aliphatic rings. The zero-order chi connectivity index (χ0) is 37.9. The van der Waals surface area contributed by atoms with Crippen LogP contribution in [0.4, 0.5) is 9.59 Å². The Morgan fingerprint density at radius 2 is 1.57 bits per heavy atom. The molecule has 1 unspecified atom stereocenters. The summed E-state index contributed by atoms with van der Waals surface area (Å²) < 4.78 is 5.49. The summed E-state index contributed by atoms with van der Waals surface area (Å²) >= 11 is 0. The van der Waals surface area contributed by atoms with Crippen LogP contribution in [0.15, 0.2) is 12.7 Å². The molecular formula is C36H62N6O7. The summed E-state index contributed by atoms with van der Waals surface area (Å²) in [6.07, 6.45) is 1.67. The molecule has 4 N–H and O–H groups in total. The molecular weight excluding hydrogens is 628 g/mol. The first-order valence-corrected chi connectivity index (χ1v) is 17.3. The molecule has 13 heteroatoms. The minimum Gasteiger partial charge on any atom is -0.444 e. The molecule has 0 aromatic heterocycles. The summed E-state index contributed by atoms with van der Waals surface area (Å²) in [7, 11) is 1.61. The first kappa shape index (κ1) is 41.5. The number of ketones is 1. The van der Waals surface area contributed by atoms with Crippen molar-refractivity contribution >= 4 is 35.6 Å². The summed E-state index contributed by atoms with van der Waals surface area (Å²) in [6, 6.07) is -3.98. The number of likely N-dealkylation sites (tertiary alicyclic amines) is 1. The van der Waals surface area contributed by atoms with Crippen LogP contribution in [0.25, 0.3) is 0 Å². The third-order valence-electron chi connectivity index (χ3n) is 9.21. The summed E-state index contributed by atoms with van der Waals surface area (Å²) in [4.78, 5) is 82.7. The Bertz CT molecular complexity index is 1280. The number of likely N-dealkylation sites (N-methyl/N-ethyl adjacent to an activating group) is 1. The molecule has 1 saturated heterocycles. The highest BCUT2D eigenvalue weighted by atomic mass is 16.6. The van der Waals surface area contributed by atoms with Crippen molar-refractivity contribution in [3.8, 4) is 0 Å². The number of hydrogen-bond donors (Lipinski definition) is 4. The number of amides is 6. The van der Waals surface area contributed by atoms with Crippen molar-refractivity contribution in [2.24, 2.45) is 28.1 Å². The summed E-state index contributed by atoms with van der Waals surface area (Å²) in [5.41, 5.74) is -1.81. The first-order valence-electron chi connectivity index (χ1n) is 17.3. The van der Waals surface area contributed by atoms with Gasteiger partial charge in [0.1, 0.15) is 17.7 Å². The van der Waals surface area contributed by atoms with E-state index in [0.29, 0.717) is 13.0 Å². The van der Waals surface area contributed by atoms with E-state index < -0.39 is 70.8 Å². The number of Topliss-reactive ketones (excluding diaryl/α,β-unsaturated/α-hetero) is 1. The standard InChI is InChI=1S/C36H62N6O7/c1-15-17-37-29(45)26(43)23(16-2)39-28(44)25-24-22(36(24,12)13)20-42(25)30(46)27(34(6,7)8)40-31(47)38-21(18-33(3,4)5)19-41(14)32(48)49-35(9,10)11/h15,21-25,27H,1,16-20H2,2-14H3,(H,37,45)(H,39,44)(H2,38,40,47)/t21-,22-,23?,24-,25-,27+/m0/s1. The fourth-order valence-corrected chi connectivity index (χ4v) is 6.65. The van der Waals surface area contributed by atoms with Crippen molar-refractivity contribution in [1.82, 2.24) is 31.1 Å². The molecule has 0 aromatic rings. The van der Waals surface area contributed by atoms with Crippen molar-refractivity contribution < 1.29 is 33.5 Å². The maximum Gasteiger partial charge on any atom is 0.410 e. The van der Waals surface area contributed by atoms with Crippen molar-refractivity contribution in [3.05, 3.63) is 12.7 Å². The van der Waals surface area contributed by atoms with E-state index in [0.717, 1.165) is 0 Å². The van der Waals surface area contributed by atoms with Crippen LogP contribution in [-0.4, -0.2) is 102 Å². The van der Waals surface area contributed by atoms with Gasteiger partial charge in [0.05, 0.1) is 6.04 Å². The number of carbonyl (C=O) groups excluding carboxylic acids is 6. The Kier molecular flexibility index (Phi) is 13.1. The van der Waals surface area contributed by atoms with Gasteiger partial charge in [-0.3, -0.25) is 19.2 Å². The van der Waals surface area contributed by atoms with Gasteiger partial charge in [-0.2, -0.15) is 0 Å². The van der Waals surface area contributed by atoms with E-state index in [1.165, 1.54) is 15.9 Å². The third kappa shape index (κ3) is 11.2. The van der Waals surface area contributed by atoms with E-state index in [2.05, 4.69) is 27.8 Å². The van der Waals surface area contributed by atoms with Crippen LogP contribution in [0.2, 0.25) is 0 Å². The van der Waals surface area contributed by atoms with Gasteiger partial charge in [-0.05, 0) is 61.7 Å². The zero-order valence-electron chi connectivity index (χ0n) is 32.0. The van der Waals surface area contributed by atoms with Crippen LogP contribution in [0.1, 0.15) is 95.9 Å². The number of nitrogens with zero attached hydrogens (tertiary/aromatic N) is 2. The second-order valence-corrected chi connectivity index (χ2v) is 17.5. The number of ether oxygens (including phenoxy) is 1. The number of fused-ring (bicyclic) bond motifs is 1. The lowest BCUT2D eigenvalue weighted by molar-refractivity contribution is -0.145. The quantitative estimate of drug-likeness (QED) is 0.169. The summed E-state index contributed by atoms with van der Waals surface area (Å²) in [6.45, 7) is 26.9. The van der Waals surface area contributed by atoms with Gasteiger partial charge in [-0.1, -0.05) is 68.4 Å². The van der Waals surface area contributed by atoms with Crippen LogP contribution >= 0.6 is 0 Å². The minimum absolute atomic E-state index is 0.0628. The minimum atomic E-state index is -1.06. The number of carbonyl (C=O) groups is 6. The molecule has 0 radical (unpaired) electrons. The van der Waals surface area contributed by atoms with Gasteiger partial charge in [0.25, 0.3) is 5.91 Å². The Balaban J connectivity index is 2.29. The van der Waals surface area contributed by atoms with E-state index in [9.17, 15) is 28.8 Å². The Morgan fingerprint density at radius 1 is 0.980 bits per heavy atom. The van der Waals surface area contributed by atoms with Gasteiger partial charge in [0.15, 0.2) is 0 Å². The highest BCUT2D eigenvalue weighted by molar-refractivity contribution is 6.38. The predicted octanol–water partition coefficient (Wildman–Crippen LogP) is 3.62. The van der Waals surface area contributed by atoms with Gasteiger partial charge >= 0.3 is 12.1 Å². The molecule has 1 saturated carbocycles. The largest absolute Gasteiger partial charge is 0.444 e. The van der Waals surface area contributed by atoms with Crippen LogP contribution < -0.4 is 21.3 Å². The number of piperidine rings is 1. The Morgan fingerprint density at radius 3 is 2.06 bits per heavy atom. The van der Waals surface area contributed by atoms with Crippen LogP contribution in [0.5, 0.6) is 0 Å². The average Bonchev–Trinajstić information content (AvgIpc) is 3.25. The lowest BCUT2D eigenvalue weighted by Crippen LogP contribution is -2.62. The fraction of sp³-hybridized carbons (Fsp3) is 0.778. The molecule has 0 bridgehead atoms. The maximum atomic E-state index is 14.3. The molecule has 278 valence electrons. The van der Waals surface area contributed by atoms with Gasteiger partial charge in [-0.25, -0.2) is 9.59 Å². The number of urea groups is 1. The predicted molar refractivity (Wildman–Crippen MR) is 188 cm³/mol. The molecule has 1 aliphatic heterocycles. The topological polar surface area (TPSA) is 166 Å². The summed E-state index contributed by atoms with van der Waals surface area (Å²) in [5, 5.41) is 11.1. The molecule has 49 heavy (non-hydrogen) atoms. The SMILES string of the molecule is C=CCNC(=O)C(=O)C(CC)NC(=O)[C@@H]1[C@@H]2[C@H](CN1C(=O)[C@@H](NC(=O)N[C@H](CN(C)C(=O)OC(C)(C)C)CC(C)(C)C)C(C)(C)C)C2(C)C. The van der Waals surface area contributed by atoms with E-state index in [1.54, 1.807) is 34.7 Å². The highest BCUT2D eigenvalue weighted by Crippen LogP contribution is 2.65. The van der Waals surface area contributed by atoms with Crippen molar-refractivity contribution in [2.45, 2.75) is 126 Å². The maximum absolute atomic E-state index is 14.3. The fourth-order valence-electron chi connectivity index (χ4n) is 6.65. The molecule has 6 atom stereocenters. The number of nitrogens with one attached hydrogen (secondary N) is 4. The van der Waals surface area contributed by atoms with Crippen molar-refractivity contribution in [3.63, 3.8) is 0 Å². The molecule has 0 spiro atoms. The second kappa shape index (κ2) is 15.5. The zero-order valence-corrected chi connectivity index (χ0v) is 32.0. The van der Waals surface area contributed by atoms with E-state index in [4.69, 9.17) is 4.74 Å². The van der Waals surface area contributed by atoms with Gasteiger partial charge in [-0.15, -0.1) is 6.58 Å². The van der Waals surface area contributed by atoms with E-state index in [-0.39, 0.29) is 42.2 Å². The highest BCUT2D eigenvalue weighted by Gasteiger charge is 2.70. The van der Waals surface area contributed by atoms with Crippen molar-refractivity contribution in [2.75, 3.05) is 26.7 Å². The first-order chi connectivity index (χ1) is 22.2. The smallest absolute Gasteiger partial charge is 0.410 e. The van der Waals surface area contributed by atoms with Crippen LogP contribution in [0, 0.1) is 28.1 Å². The van der Waals surface area contributed by atoms with Gasteiger partial charge in [0, 0.05) is 32.7 Å². The molecule has 6 amide bonds. The normalized spacial score (nSPS) is 21.7. The Hall–Kier alpha value is -3.64. The van der Waals surface area contributed by atoms with Gasteiger partial charge < -0.3 is 35.8 Å². The second-order valence-electron chi connectivity index (χ2n) is 17.5. The van der Waals surface area contributed by atoms with Crippen molar-refractivity contribution in [1.29, 1.82) is 0 Å². The molecule has 13 nitrogen and oxygen atoms in total. The molecule has 2 rings (SSSR count). The van der Waals surface area contributed by atoms with Crippen LogP contribution in [-0.2, 0) is 23.9 Å². The van der Waals surface area contributed by atoms with E-state index >= 15 is 0 Å².